The van der Waals surface area contributed by atoms with Gasteiger partial charge in [-0.05, 0) is 18.9 Å². The number of nitrogens with two attached hydrogens (primary N) is 1. The zero-order valence-corrected chi connectivity index (χ0v) is 9.37. The predicted molar refractivity (Wildman–Crippen MR) is 66.3 cm³/mol. The van der Waals surface area contributed by atoms with Crippen molar-refractivity contribution in [1.82, 2.24) is 0 Å². The highest BCUT2D eigenvalue weighted by Crippen LogP contribution is 2.21. The normalized spacial score (nSPS) is 20.7. The van der Waals surface area contributed by atoms with Crippen LogP contribution in [0.15, 0.2) is 40.5 Å². The second-order valence-electron chi connectivity index (χ2n) is 3.48. The monoisotopic (exact) mass is 219 g/mol. The van der Waals surface area contributed by atoms with Gasteiger partial charge in [-0.15, -0.1) is 5.10 Å². The van der Waals surface area contributed by atoms with E-state index in [1.807, 2.05) is 25.1 Å². The zero-order valence-electron chi connectivity index (χ0n) is 8.55. The van der Waals surface area contributed by atoms with Crippen LogP contribution in [-0.4, -0.2) is 16.1 Å². The lowest BCUT2D eigenvalue weighted by Gasteiger charge is -2.17. The smallest absolute Gasteiger partial charge is 0.181 e. The summed E-state index contributed by atoms with van der Waals surface area (Å²) in [4.78, 5) is 0. The Morgan fingerprint density at radius 2 is 2.00 bits per heavy atom. The third-order valence-electron chi connectivity index (χ3n) is 2.30. The summed E-state index contributed by atoms with van der Waals surface area (Å²) in [5, 5.41) is 8.78. The van der Waals surface area contributed by atoms with Crippen LogP contribution in [0, 0.1) is 0 Å². The molecule has 2 rings (SSSR count). The topological polar surface area (TPSA) is 50.7 Å². The fraction of sp³-hybridized carbons (Fsp3) is 0.273. The van der Waals surface area contributed by atoms with E-state index in [-0.39, 0.29) is 0 Å². The Balaban J connectivity index is 2.08. The number of nitrogens with zero attached hydrogens (tertiary/aromatic N) is 2. The Labute approximate surface area is 93.5 Å². The molecule has 1 heterocycles. The lowest BCUT2D eigenvalue weighted by Crippen LogP contribution is -2.25. The average Bonchev–Trinajstić information content (AvgIpc) is 2.25. The van der Waals surface area contributed by atoms with Crippen LogP contribution in [0.25, 0.3) is 0 Å². The van der Waals surface area contributed by atoms with Crippen molar-refractivity contribution >= 4 is 22.6 Å². The molecule has 0 aromatic heterocycles. The van der Waals surface area contributed by atoms with Crippen LogP contribution in [-0.2, 0) is 6.42 Å². The number of amidine groups is 1. The fourth-order valence-electron chi connectivity index (χ4n) is 1.46. The molecule has 0 spiro atoms. The molecule has 1 unspecified atom stereocenters. The van der Waals surface area contributed by atoms with Gasteiger partial charge < -0.3 is 5.73 Å². The largest absolute Gasteiger partial charge is 0.377 e. The lowest BCUT2D eigenvalue weighted by molar-refractivity contribution is 1.03. The Morgan fingerprint density at radius 1 is 1.27 bits per heavy atom. The first kappa shape index (κ1) is 10.2. The maximum Gasteiger partial charge on any atom is 0.181 e. The summed E-state index contributed by atoms with van der Waals surface area (Å²) < 4.78 is 0. The highest BCUT2D eigenvalue weighted by molar-refractivity contribution is 8.15. The van der Waals surface area contributed by atoms with Crippen molar-refractivity contribution in [2.75, 3.05) is 0 Å². The summed E-state index contributed by atoms with van der Waals surface area (Å²) in [6.45, 7) is 2.00. The minimum absolute atomic E-state index is 0.324. The zero-order chi connectivity index (χ0) is 10.7. The highest BCUT2D eigenvalue weighted by Gasteiger charge is 2.19. The molecule has 1 aliphatic heterocycles. The summed E-state index contributed by atoms with van der Waals surface area (Å²) in [5.41, 5.74) is 7.99. The number of thioether (sulfide) groups is 1. The van der Waals surface area contributed by atoms with Gasteiger partial charge >= 0.3 is 0 Å². The van der Waals surface area contributed by atoms with Crippen LogP contribution in [0.5, 0.6) is 0 Å². The SMILES string of the molecule is CC1=NN=C(N)SC1Cc1ccccc1. The van der Waals surface area contributed by atoms with Gasteiger partial charge in [0, 0.05) is 0 Å². The van der Waals surface area contributed by atoms with Crippen molar-refractivity contribution in [1.29, 1.82) is 0 Å². The van der Waals surface area contributed by atoms with E-state index in [9.17, 15) is 0 Å². The van der Waals surface area contributed by atoms with Crippen molar-refractivity contribution in [3.63, 3.8) is 0 Å². The van der Waals surface area contributed by atoms with Crippen LogP contribution < -0.4 is 5.73 Å². The molecule has 0 bridgehead atoms. The molecule has 0 radical (unpaired) electrons. The van der Waals surface area contributed by atoms with Gasteiger partial charge in [0.15, 0.2) is 5.17 Å². The first-order chi connectivity index (χ1) is 7.25. The third-order valence-corrected chi connectivity index (χ3v) is 3.41. The molecule has 1 atom stereocenters. The summed E-state index contributed by atoms with van der Waals surface area (Å²) in [5.74, 6) is 0. The van der Waals surface area contributed by atoms with Gasteiger partial charge in [0.2, 0.25) is 0 Å². The summed E-state index contributed by atoms with van der Waals surface area (Å²) in [6, 6.07) is 10.4. The van der Waals surface area contributed by atoms with Crippen molar-refractivity contribution in [3.8, 4) is 0 Å². The second-order valence-corrected chi connectivity index (χ2v) is 4.70. The lowest BCUT2D eigenvalue weighted by atomic mass is 10.1. The van der Waals surface area contributed by atoms with E-state index in [1.54, 1.807) is 11.8 Å². The van der Waals surface area contributed by atoms with E-state index in [1.165, 1.54) is 5.56 Å². The first-order valence-electron chi connectivity index (χ1n) is 4.84. The Morgan fingerprint density at radius 3 is 2.73 bits per heavy atom. The molecule has 15 heavy (non-hydrogen) atoms. The first-order valence-corrected chi connectivity index (χ1v) is 5.72. The van der Waals surface area contributed by atoms with E-state index in [0.717, 1.165) is 12.1 Å². The van der Waals surface area contributed by atoms with Crippen LogP contribution in [0.2, 0.25) is 0 Å². The van der Waals surface area contributed by atoms with Crippen LogP contribution in [0.4, 0.5) is 0 Å². The molecular formula is C11H13N3S. The Hall–Kier alpha value is -1.29. The van der Waals surface area contributed by atoms with E-state index < -0.39 is 0 Å². The van der Waals surface area contributed by atoms with Gasteiger partial charge in [0.25, 0.3) is 0 Å². The van der Waals surface area contributed by atoms with Crippen molar-refractivity contribution in [3.05, 3.63) is 35.9 Å². The molecule has 1 aromatic carbocycles. The fourth-order valence-corrected chi connectivity index (χ4v) is 2.34. The second kappa shape index (κ2) is 4.49. The molecule has 1 aromatic rings. The van der Waals surface area contributed by atoms with E-state index in [0.29, 0.717) is 10.4 Å². The Bertz CT molecular complexity index is 398. The quantitative estimate of drug-likeness (QED) is 0.827. The third kappa shape index (κ3) is 2.59. The predicted octanol–water partition coefficient (Wildman–Crippen LogP) is 2.04. The summed E-state index contributed by atoms with van der Waals surface area (Å²) in [7, 11) is 0. The molecule has 4 heteroatoms. The number of hydrogen-bond acceptors (Lipinski definition) is 4. The molecule has 0 aliphatic carbocycles. The summed E-state index contributed by atoms with van der Waals surface area (Å²) >= 11 is 1.59. The molecule has 2 N–H and O–H groups in total. The van der Waals surface area contributed by atoms with E-state index >= 15 is 0 Å². The standard InChI is InChI=1S/C11H13N3S/c1-8-10(15-11(12)14-13-8)7-9-5-3-2-4-6-9/h2-6,10H,7H2,1H3,(H2,12,14). The van der Waals surface area contributed by atoms with Gasteiger partial charge in [0.1, 0.15) is 0 Å². The van der Waals surface area contributed by atoms with E-state index in [2.05, 4.69) is 22.3 Å². The van der Waals surface area contributed by atoms with Crippen molar-refractivity contribution < 1.29 is 0 Å². The van der Waals surface area contributed by atoms with Gasteiger partial charge in [-0.2, -0.15) is 5.10 Å². The van der Waals surface area contributed by atoms with E-state index in [4.69, 9.17) is 5.73 Å². The van der Waals surface area contributed by atoms with Gasteiger partial charge in [-0.25, -0.2) is 0 Å². The molecule has 0 saturated carbocycles. The maximum absolute atomic E-state index is 5.65. The Kier molecular flexibility index (Phi) is 3.06. The van der Waals surface area contributed by atoms with Crippen molar-refractivity contribution in [2.24, 2.45) is 15.9 Å². The minimum atomic E-state index is 0.324. The van der Waals surface area contributed by atoms with Crippen LogP contribution in [0.3, 0.4) is 0 Å². The van der Waals surface area contributed by atoms with Gasteiger partial charge in [-0.3, -0.25) is 0 Å². The molecule has 78 valence electrons. The molecular weight excluding hydrogens is 206 g/mol. The molecule has 0 fully saturated rings. The van der Waals surface area contributed by atoms with Gasteiger partial charge in [-0.1, -0.05) is 42.1 Å². The molecule has 0 amide bonds. The van der Waals surface area contributed by atoms with Crippen molar-refractivity contribution in [2.45, 2.75) is 18.6 Å². The molecule has 0 saturated heterocycles. The molecule has 1 aliphatic rings. The van der Waals surface area contributed by atoms with Crippen LogP contribution >= 0.6 is 11.8 Å². The highest BCUT2D eigenvalue weighted by atomic mass is 32.2. The molecule has 3 nitrogen and oxygen atoms in total. The van der Waals surface area contributed by atoms with Crippen LogP contribution in [0.1, 0.15) is 12.5 Å². The maximum atomic E-state index is 5.65. The van der Waals surface area contributed by atoms with Gasteiger partial charge in [0.05, 0.1) is 11.0 Å². The minimum Gasteiger partial charge on any atom is -0.377 e. The average molecular weight is 219 g/mol. The number of rotatable bonds is 2. The number of hydrogen-bond donors (Lipinski definition) is 1. The summed E-state index contributed by atoms with van der Waals surface area (Å²) in [6.07, 6.45) is 0.955. The number of benzene rings is 1.